The highest BCUT2D eigenvalue weighted by molar-refractivity contribution is 6.34. The number of rotatable bonds is 7. The van der Waals surface area contributed by atoms with Crippen LogP contribution in [0.1, 0.15) is 27.6 Å². The third-order valence-electron chi connectivity index (χ3n) is 4.23. The summed E-state index contributed by atoms with van der Waals surface area (Å²) in [6.07, 6.45) is 0. The molecule has 6 nitrogen and oxygen atoms in total. The summed E-state index contributed by atoms with van der Waals surface area (Å²) in [6.45, 7) is 2.40. The summed E-state index contributed by atoms with van der Waals surface area (Å²) in [4.78, 5) is 25.1. The third kappa shape index (κ3) is 5.10. The van der Waals surface area contributed by atoms with Gasteiger partial charge in [-0.15, -0.1) is 0 Å². The number of hydrogen-bond donors (Lipinski definition) is 2. The molecule has 0 heterocycles. The molecule has 3 aromatic rings. The number of ether oxygens (including phenoxy) is 2. The summed E-state index contributed by atoms with van der Waals surface area (Å²) in [5.41, 5.74) is 1.80. The molecule has 0 aromatic heterocycles. The Kier molecular flexibility index (Phi) is 6.93. The van der Waals surface area contributed by atoms with Gasteiger partial charge in [-0.05, 0) is 49.4 Å². The minimum atomic E-state index is -0.358. The number of hydrogen-bond acceptors (Lipinski definition) is 4. The van der Waals surface area contributed by atoms with E-state index in [4.69, 9.17) is 21.1 Å². The van der Waals surface area contributed by atoms with Crippen LogP contribution >= 0.6 is 11.6 Å². The Morgan fingerprint density at radius 1 is 0.933 bits per heavy atom. The zero-order chi connectivity index (χ0) is 21.5. The molecule has 0 fully saturated rings. The van der Waals surface area contributed by atoms with Gasteiger partial charge in [0, 0.05) is 17.3 Å². The molecule has 0 spiro atoms. The first-order valence-electron chi connectivity index (χ1n) is 9.30. The van der Waals surface area contributed by atoms with Crippen molar-refractivity contribution < 1.29 is 19.1 Å². The molecule has 30 heavy (non-hydrogen) atoms. The molecule has 0 bridgehead atoms. The maximum absolute atomic E-state index is 12.6. The van der Waals surface area contributed by atoms with Crippen molar-refractivity contribution in [1.82, 2.24) is 0 Å². The monoisotopic (exact) mass is 424 g/mol. The summed E-state index contributed by atoms with van der Waals surface area (Å²) in [5.74, 6) is 0.381. The second-order valence-electron chi connectivity index (χ2n) is 6.26. The largest absolute Gasteiger partial charge is 0.494 e. The first kappa shape index (κ1) is 21.2. The number of amides is 2. The number of halogens is 1. The van der Waals surface area contributed by atoms with Gasteiger partial charge in [0.05, 0.1) is 30.0 Å². The molecule has 0 radical (unpaired) electrons. The van der Waals surface area contributed by atoms with E-state index in [0.717, 1.165) is 0 Å². The van der Waals surface area contributed by atoms with E-state index in [-0.39, 0.29) is 11.8 Å². The molecule has 0 aliphatic heterocycles. The SMILES string of the molecule is CCOc1cccc(C(=O)Nc2ccc(NC(=O)c3ccccc3Cl)c(OC)c2)c1. The first-order chi connectivity index (χ1) is 14.5. The zero-order valence-electron chi connectivity index (χ0n) is 16.6. The van der Waals surface area contributed by atoms with Gasteiger partial charge in [0.15, 0.2) is 0 Å². The lowest BCUT2D eigenvalue weighted by molar-refractivity contribution is 0.101. The van der Waals surface area contributed by atoms with Crippen molar-refractivity contribution in [2.75, 3.05) is 24.4 Å². The van der Waals surface area contributed by atoms with Crippen LogP contribution < -0.4 is 20.1 Å². The summed E-state index contributed by atoms with van der Waals surface area (Å²) < 4.78 is 10.8. The van der Waals surface area contributed by atoms with Crippen molar-refractivity contribution in [3.8, 4) is 11.5 Å². The van der Waals surface area contributed by atoms with Crippen LogP contribution in [0.2, 0.25) is 5.02 Å². The number of methoxy groups -OCH3 is 1. The molecule has 0 atom stereocenters. The predicted octanol–water partition coefficient (Wildman–Crippen LogP) is 5.25. The summed E-state index contributed by atoms with van der Waals surface area (Å²) in [6, 6.07) is 18.6. The van der Waals surface area contributed by atoms with Crippen LogP contribution in [0.25, 0.3) is 0 Å². The van der Waals surface area contributed by atoms with Gasteiger partial charge >= 0.3 is 0 Å². The normalized spacial score (nSPS) is 10.2. The Bertz CT molecular complexity index is 1070. The summed E-state index contributed by atoms with van der Waals surface area (Å²) >= 11 is 6.08. The Balaban J connectivity index is 1.75. The molecular formula is C23H21ClN2O4. The van der Waals surface area contributed by atoms with E-state index in [1.54, 1.807) is 66.7 Å². The minimum absolute atomic E-state index is 0.286. The van der Waals surface area contributed by atoms with Gasteiger partial charge in [0.2, 0.25) is 0 Å². The fraction of sp³-hybridized carbons (Fsp3) is 0.130. The van der Waals surface area contributed by atoms with Gasteiger partial charge in [-0.3, -0.25) is 9.59 Å². The van der Waals surface area contributed by atoms with E-state index in [0.29, 0.717) is 45.6 Å². The highest BCUT2D eigenvalue weighted by Gasteiger charge is 2.14. The predicted molar refractivity (Wildman–Crippen MR) is 118 cm³/mol. The van der Waals surface area contributed by atoms with Crippen molar-refractivity contribution in [3.05, 3.63) is 82.9 Å². The summed E-state index contributed by atoms with van der Waals surface area (Å²) in [5, 5.41) is 5.94. The molecular weight excluding hydrogens is 404 g/mol. The minimum Gasteiger partial charge on any atom is -0.494 e. The molecule has 3 aromatic carbocycles. The molecule has 2 N–H and O–H groups in total. The van der Waals surface area contributed by atoms with Gasteiger partial charge < -0.3 is 20.1 Å². The number of nitrogens with one attached hydrogen (secondary N) is 2. The van der Waals surface area contributed by atoms with Crippen LogP contribution in [0.3, 0.4) is 0 Å². The zero-order valence-corrected chi connectivity index (χ0v) is 17.3. The lowest BCUT2D eigenvalue weighted by atomic mass is 10.1. The van der Waals surface area contributed by atoms with Crippen LogP contribution in [-0.2, 0) is 0 Å². The molecule has 7 heteroatoms. The van der Waals surface area contributed by atoms with Crippen LogP contribution in [0.5, 0.6) is 11.5 Å². The molecule has 0 aliphatic rings. The van der Waals surface area contributed by atoms with Crippen molar-refractivity contribution >= 4 is 34.8 Å². The highest BCUT2D eigenvalue weighted by Crippen LogP contribution is 2.29. The van der Waals surface area contributed by atoms with Crippen LogP contribution in [0.4, 0.5) is 11.4 Å². The quantitative estimate of drug-likeness (QED) is 0.543. The van der Waals surface area contributed by atoms with Gasteiger partial charge in [-0.1, -0.05) is 29.8 Å². The lowest BCUT2D eigenvalue weighted by Crippen LogP contribution is -2.14. The fourth-order valence-electron chi connectivity index (χ4n) is 2.80. The molecule has 0 aliphatic carbocycles. The van der Waals surface area contributed by atoms with Crippen molar-refractivity contribution in [1.29, 1.82) is 0 Å². The average molecular weight is 425 g/mol. The molecule has 3 rings (SSSR count). The van der Waals surface area contributed by atoms with Crippen molar-refractivity contribution in [2.45, 2.75) is 6.92 Å². The smallest absolute Gasteiger partial charge is 0.257 e. The van der Waals surface area contributed by atoms with Gasteiger partial charge in [0.25, 0.3) is 11.8 Å². The third-order valence-corrected chi connectivity index (χ3v) is 4.56. The summed E-state index contributed by atoms with van der Waals surface area (Å²) in [7, 11) is 1.48. The maximum Gasteiger partial charge on any atom is 0.257 e. The lowest BCUT2D eigenvalue weighted by Gasteiger charge is -2.13. The van der Waals surface area contributed by atoms with Crippen LogP contribution in [-0.4, -0.2) is 25.5 Å². The average Bonchev–Trinajstić information content (AvgIpc) is 2.75. The van der Waals surface area contributed by atoms with Gasteiger partial charge in [-0.25, -0.2) is 0 Å². The number of carbonyl (C=O) groups excluding carboxylic acids is 2. The van der Waals surface area contributed by atoms with Gasteiger partial charge in [0.1, 0.15) is 11.5 Å². The van der Waals surface area contributed by atoms with E-state index in [1.807, 2.05) is 6.92 Å². The second-order valence-corrected chi connectivity index (χ2v) is 6.67. The van der Waals surface area contributed by atoms with E-state index in [9.17, 15) is 9.59 Å². The van der Waals surface area contributed by atoms with Crippen molar-refractivity contribution in [2.24, 2.45) is 0 Å². The topological polar surface area (TPSA) is 76.7 Å². The molecule has 0 saturated carbocycles. The molecule has 2 amide bonds. The van der Waals surface area contributed by atoms with Crippen molar-refractivity contribution in [3.63, 3.8) is 0 Å². The van der Waals surface area contributed by atoms with Crippen LogP contribution in [0, 0.1) is 0 Å². The highest BCUT2D eigenvalue weighted by atomic mass is 35.5. The van der Waals surface area contributed by atoms with Gasteiger partial charge in [-0.2, -0.15) is 0 Å². The van der Waals surface area contributed by atoms with E-state index in [2.05, 4.69) is 10.6 Å². The Morgan fingerprint density at radius 2 is 1.73 bits per heavy atom. The standard InChI is InChI=1S/C23H21ClN2O4/c1-3-30-17-8-6-7-15(13-17)22(27)25-16-11-12-20(21(14-16)29-2)26-23(28)18-9-4-5-10-19(18)24/h4-14H,3H2,1-2H3,(H,25,27)(H,26,28). The number of anilines is 2. The van der Waals surface area contributed by atoms with E-state index in [1.165, 1.54) is 7.11 Å². The van der Waals surface area contributed by atoms with E-state index < -0.39 is 0 Å². The second kappa shape index (κ2) is 9.80. The number of carbonyl (C=O) groups is 2. The van der Waals surface area contributed by atoms with E-state index >= 15 is 0 Å². The Hall–Kier alpha value is -3.51. The maximum atomic E-state index is 12.6. The molecule has 0 saturated heterocycles. The number of benzene rings is 3. The Labute approximate surface area is 179 Å². The molecule has 154 valence electrons. The Morgan fingerprint density at radius 3 is 2.47 bits per heavy atom. The fourth-order valence-corrected chi connectivity index (χ4v) is 3.03. The van der Waals surface area contributed by atoms with Crippen LogP contribution in [0.15, 0.2) is 66.7 Å². The molecule has 0 unspecified atom stereocenters. The first-order valence-corrected chi connectivity index (χ1v) is 9.67.